The molecule has 0 fully saturated rings. The number of aliphatic hydroxyl groups excluding tert-OH is 1. The van der Waals surface area contributed by atoms with Crippen molar-refractivity contribution in [3.05, 3.63) is 83.5 Å². The molecule has 3 aromatic carbocycles. The number of alkyl halides is 5. The number of sulfone groups is 1. The number of imidazole rings is 1. The van der Waals surface area contributed by atoms with Crippen LogP contribution >= 0.6 is 0 Å². The van der Waals surface area contributed by atoms with Crippen molar-refractivity contribution >= 4 is 9.84 Å². The molecule has 2 heterocycles. The average molecular weight is 682 g/mol. The molecule has 5 rings (SSSR count). The van der Waals surface area contributed by atoms with Gasteiger partial charge in [-0.1, -0.05) is 6.07 Å². The lowest BCUT2D eigenvalue weighted by molar-refractivity contribution is -0.141. The quantitative estimate of drug-likeness (QED) is 0.163. The van der Waals surface area contributed by atoms with E-state index in [1.807, 2.05) is 0 Å². The maximum absolute atomic E-state index is 15.1. The van der Waals surface area contributed by atoms with Gasteiger partial charge in [0.05, 0.1) is 24.3 Å². The molecule has 16 heteroatoms. The van der Waals surface area contributed by atoms with Gasteiger partial charge in [0, 0.05) is 36.1 Å². The summed E-state index contributed by atoms with van der Waals surface area (Å²) in [6.07, 6.45) is -3.12. The number of ether oxygens (including phenoxy) is 2. The number of rotatable bonds is 9. The number of benzene rings is 3. The number of hydrogen-bond acceptors (Lipinski definition) is 8. The zero-order valence-corrected chi connectivity index (χ0v) is 25.8. The summed E-state index contributed by atoms with van der Waals surface area (Å²) in [5.74, 6) is -1.20. The van der Waals surface area contributed by atoms with Crippen LogP contribution in [0.4, 0.5) is 26.3 Å². The van der Waals surface area contributed by atoms with Gasteiger partial charge in [0.15, 0.2) is 38.7 Å². The number of hydrogen-bond donors (Lipinski definition) is 1. The third-order valence-corrected chi connectivity index (χ3v) is 8.27. The fraction of sp³-hybridized carbons (Fsp3) is 0.226. The lowest BCUT2D eigenvalue weighted by Gasteiger charge is -2.16. The van der Waals surface area contributed by atoms with Gasteiger partial charge >= 0.3 is 12.8 Å². The number of methoxy groups -OCH3 is 1. The van der Waals surface area contributed by atoms with Gasteiger partial charge in [0.1, 0.15) is 17.3 Å². The first-order chi connectivity index (χ1) is 22.0. The fourth-order valence-electron chi connectivity index (χ4n) is 5.04. The Morgan fingerprint density at radius 1 is 0.979 bits per heavy atom. The number of aromatic nitrogens is 3. The van der Waals surface area contributed by atoms with Gasteiger partial charge in [-0.15, -0.1) is 0 Å². The Morgan fingerprint density at radius 2 is 1.68 bits per heavy atom. The first-order valence-corrected chi connectivity index (χ1v) is 15.4. The van der Waals surface area contributed by atoms with Crippen LogP contribution in [0.15, 0.2) is 64.0 Å². The smallest absolute Gasteiger partial charge is 0.434 e. The van der Waals surface area contributed by atoms with Crippen LogP contribution in [-0.2, 0) is 22.6 Å². The van der Waals surface area contributed by atoms with E-state index in [0.29, 0.717) is 0 Å². The van der Waals surface area contributed by atoms with E-state index in [4.69, 9.17) is 9.15 Å². The van der Waals surface area contributed by atoms with Crippen molar-refractivity contribution in [1.82, 2.24) is 14.5 Å². The van der Waals surface area contributed by atoms with Crippen LogP contribution < -0.4 is 9.47 Å². The van der Waals surface area contributed by atoms with Gasteiger partial charge in [-0.2, -0.15) is 22.0 Å². The third kappa shape index (κ3) is 6.69. The van der Waals surface area contributed by atoms with E-state index in [1.165, 1.54) is 68.0 Å². The summed E-state index contributed by atoms with van der Waals surface area (Å²) >= 11 is 0. The maximum atomic E-state index is 15.1. The van der Waals surface area contributed by atoms with Crippen molar-refractivity contribution in [2.24, 2.45) is 0 Å². The van der Waals surface area contributed by atoms with Crippen molar-refractivity contribution in [2.75, 3.05) is 13.4 Å². The largest absolute Gasteiger partial charge is 0.493 e. The second kappa shape index (κ2) is 12.4. The van der Waals surface area contributed by atoms with E-state index in [9.17, 15) is 35.5 Å². The topological polar surface area (TPSA) is 117 Å². The van der Waals surface area contributed by atoms with Crippen LogP contribution in [0.5, 0.6) is 11.5 Å². The standard InChI is InChI=1S/C31H25F6N3O6S/c1-15-38-27(31(35,36)37)13-40(15)23-7-5-17(19-10-22(32)21(14-41)26(12-19)47(4,42)43)9-20(23)28-29(45-16(2)39-28)18-6-8-24(46-30(33)34)25(11-18)44-3/h5-13,30,41H,14H2,1-4H3. The molecular weight excluding hydrogens is 656 g/mol. The molecule has 0 aliphatic rings. The van der Waals surface area contributed by atoms with Gasteiger partial charge in [0.25, 0.3) is 0 Å². The molecule has 1 N–H and O–H groups in total. The van der Waals surface area contributed by atoms with Crippen LogP contribution in [0.25, 0.3) is 39.4 Å². The van der Waals surface area contributed by atoms with Crippen molar-refractivity contribution in [2.45, 2.75) is 38.1 Å². The minimum atomic E-state index is -4.77. The molecule has 0 saturated heterocycles. The van der Waals surface area contributed by atoms with Gasteiger partial charge < -0.3 is 23.6 Å². The van der Waals surface area contributed by atoms with Crippen LogP contribution in [0, 0.1) is 19.7 Å². The minimum absolute atomic E-state index is 0.0408. The molecule has 5 aromatic rings. The lowest BCUT2D eigenvalue weighted by Crippen LogP contribution is -2.06. The van der Waals surface area contributed by atoms with Crippen LogP contribution in [0.2, 0.25) is 0 Å². The Morgan fingerprint density at radius 3 is 2.28 bits per heavy atom. The second-order valence-electron chi connectivity index (χ2n) is 10.3. The number of aryl methyl sites for hydroxylation is 2. The van der Waals surface area contributed by atoms with Crippen LogP contribution in [0.1, 0.15) is 23.0 Å². The molecular formula is C31H25F6N3O6S. The Balaban J connectivity index is 1.79. The highest BCUT2D eigenvalue weighted by Crippen LogP contribution is 2.42. The van der Waals surface area contributed by atoms with Crippen LogP contribution in [0.3, 0.4) is 0 Å². The van der Waals surface area contributed by atoms with Gasteiger partial charge in [-0.25, -0.2) is 22.8 Å². The van der Waals surface area contributed by atoms with E-state index in [2.05, 4.69) is 14.7 Å². The summed E-state index contributed by atoms with van der Waals surface area (Å²) in [6.45, 7) is -1.15. The summed E-state index contributed by atoms with van der Waals surface area (Å²) in [4.78, 5) is 7.67. The van der Waals surface area contributed by atoms with Crippen LogP contribution in [-0.4, -0.2) is 48.0 Å². The number of halogens is 6. The Labute approximate surface area is 264 Å². The van der Waals surface area contributed by atoms with Gasteiger partial charge in [0.2, 0.25) is 0 Å². The summed E-state index contributed by atoms with van der Waals surface area (Å²) in [5.41, 5.74) is -0.635. The van der Waals surface area contributed by atoms with Crippen molar-refractivity contribution in [3.63, 3.8) is 0 Å². The summed E-state index contributed by atoms with van der Waals surface area (Å²) in [5, 5.41) is 9.64. The zero-order chi connectivity index (χ0) is 34.4. The average Bonchev–Trinajstić information content (AvgIpc) is 3.58. The first-order valence-electron chi connectivity index (χ1n) is 13.5. The van der Waals surface area contributed by atoms with Gasteiger partial charge in [-0.05, 0) is 60.5 Å². The van der Waals surface area contributed by atoms with E-state index in [1.54, 1.807) is 0 Å². The number of oxazole rings is 1. The van der Waals surface area contributed by atoms with E-state index in [0.717, 1.165) is 18.5 Å². The molecule has 0 aliphatic heterocycles. The molecule has 47 heavy (non-hydrogen) atoms. The fourth-order valence-corrected chi connectivity index (χ4v) is 5.99. The molecule has 0 radical (unpaired) electrons. The number of nitrogens with zero attached hydrogens (tertiary/aromatic N) is 3. The minimum Gasteiger partial charge on any atom is -0.493 e. The molecule has 2 aromatic heterocycles. The normalized spacial score (nSPS) is 12.2. The van der Waals surface area contributed by atoms with E-state index < -0.39 is 51.2 Å². The highest BCUT2D eigenvalue weighted by molar-refractivity contribution is 7.90. The lowest BCUT2D eigenvalue weighted by atomic mass is 9.97. The van der Waals surface area contributed by atoms with E-state index >= 15 is 4.39 Å². The summed E-state index contributed by atoms with van der Waals surface area (Å²) in [7, 11) is -2.77. The van der Waals surface area contributed by atoms with Crippen molar-refractivity contribution < 1.29 is 53.8 Å². The van der Waals surface area contributed by atoms with E-state index in [-0.39, 0.29) is 62.6 Å². The molecule has 0 amide bonds. The maximum Gasteiger partial charge on any atom is 0.434 e. The Bertz CT molecular complexity index is 2090. The predicted molar refractivity (Wildman–Crippen MR) is 157 cm³/mol. The highest BCUT2D eigenvalue weighted by Gasteiger charge is 2.35. The zero-order valence-electron chi connectivity index (χ0n) is 25.0. The molecule has 0 aliphatic carbocycles. The molecule has 0 bridgehead atoms. The molecule has 0 saturated carbocycles. The Kier molecular flexibility index (Phi) is 8.85. The third-order valence-electron chi connectivity index (χ3n) is 7.11. The molecule has 0 atom stereocenters. The summed E-state index contributed by atoms with van der Waals surface area (Å²) in [6, 6.07) is 10.5. The molecule has 0 spiro atoms. The summed E-state index contributed by atoms with van der Waals surface area (Å²) < 4.78 is 124. The first kappa shape index (κ1) is 33.5. The SMILES string of the molecule is COc1cc(-c2oc(C)nc2-c2cc(-c3cc(F)c(CO)c(S(C)(=O)=O)c3)ccc2-n2cc(C(F)(F)F)nc2C)ccc1OC(F)F. The monoisotopic (exact) mass is 681 g/mol. The molecule has 0 unspecified atom stereocenters. The van der Waals surface area contributed by atoms with Crippen molar-refractivity contribution in [3.8, 4) is 50.9 Å². The second-order valence-corrected chi connectivity index (χ2v) is 12.3. The van der Waals surface area contributed by atoms with Gasteiger partial charge in [-0.3, -0.25) is 0 Å². The van der Waals surface area contributed by atoms with Crippen molar-refractivity contribution in [1.29, 1.82) is 0 Å². The predicted octanol–water partition coefficient (Wildman–Crippen LogP) is 7.14. The number of aliphatic hydroxyl groups is 1. The molecule has 248 valence electrons. The molecule has 9 nitrogen and oxygen atoms in total. The highest BCUT2D eigenvalue weighted by atomic mass is 32.2. The Hall–Kier alpha value is -4.83.